The summed E-state index contributed by atoms with van der Waals surface area (Å²) in [5.74, 6) is 1.44. The Morgan fingerprint density at radius 2 is 2.06 bits per heavy atom. The van der Waals surface area contributed by atoms with Gasteiger partial charge >= 0.3 is 0 Å². The molecule has 1 aromatic carbocycles. The number of nitrogens with two attached hydrogens (primary N) is 1. The number of rotatable bonds is 5. The van der Waals surface area contributed by atoms with Crippen LogP contribution in [0.15, 0.2) is 42.6 Å². The summed E-state index contributed by atoms with van der Waals surface area (Å²) >= 11 is 0. The van der Waals surface area contributed by atoms with Crippen molar-refractivity contribution >= 4 is 0 Å². The molecular formula is C15H18N2O. The lowest BCUT2D eigenvalue weighted by molar-refractivity contribution is 0.462. The summed E-state index contributed by atoms with van der Waals surface area (Å²) in [5, 5.41) is 0. The lowest BCUT2D eigenvalue weighted by Gasteiger charge is -2.06. The predicted octanol–water partition coefficient (Wildman–Crippen LogP) is 2.94. The lowest BCUT2D eigenvalue weighted by atomic mass is 10.2. The van der Waals surface area contributed by atoms with Crippen LogP contribution in [-0.2, 0) is 12.8 Å². The van der Waals surface area contributed by atoms with Crippen LogP contribution >= 0.6 is 0 Å². The molecule has 0 unspecified atom stereocenters. The number of nitrogens with zero attached hydrogens (tertiary/aromatic N) is 1. The van der Waals surface area contributed by atoms with Crippen LogP contribution in [0.4, 0.5) is 0 Å². The number of pyridine rings is 1. The molecule has 0 fully saturated rings. The van der Waals surface area contributed by atoms with Crippen molar-refractivity contribution in [3.63, 3.8) is 0 Å². The molecule has 0 atom stereocenters. The van der Waals surface area contributed by atoms with Crippen LogP contribution in [0.3, 0.4) is 0 Å². The van der Waals surface area contributed by atoms with E-state index >= 15 is 0 Å². The predicted molar refractivity (Wildman–Crippen MR) is 72.9 cm³/mol. The van der Waals surface area contributed by atoms with Crippen molar-refractivity contribution in [1.82, 2.24) is 4.98 Å². The highest BCUT2D eigenvalue weighted by atomic mass is 16.5. The third-order valence-corrected chi connectivity index (χ3v) is 2.76. The smallest absolute Gasteiger partial charge is 0.219 e. The third-order valence-electron chi connectivity index (χ3n) is 2.76. The quantitative estimate of drug-likeness (QED) is 0.877. The van der Waals surface area contributed by atoms with E-state index in [2.05, 4.69) is 18.0 Å². The van der Waals surface area contributed by atoms with Gasteiger partial charge in [0.05, 0.1) is 0 Å². The van der Waals surface area contributed by atoms with Crippen molar-refractivity contribution in [2.75, 3.05) is 6.54 Å². The van der Waals surface area contributed by atoms with E-state index in [9.17, 15) is 0 Å². The maximum absolute atomic E-state index is 5.71. The monoisotopic (exact) mass is 242 g/mol. The number of aryl methyl sites for hydroxylation is 1. The van der Waals surface area contributed by atoms with Crippen molar-refractivity contribution in [2.45, 2.75) is 19.8 Å². The molecule has 3 heteroatoms. The minimum Gasteiger partial charge on any atom is -0.439 e. The first-order valence-electron chi connectivity index (χ1n) is 6.23. The van der Waals surface area contributed by atoms with E-state index in [1.165, 1.54) is 5.56 Å². The molecule has 3 nitrogen and oxygen atoms in total. The van der Waals surface area contributed by atoms with Crippen LogP contribution in [0.5, 0.6) is 11.6 Å². The maximum atomic E-state index is 5.71. The van der Waals surface area contributed by atoms with Crippen LogP contribution in [0, 0.1) is 0 Å². The molecule has 0 saturated carbocycles. The zero-order chi connectivity index (χ0) is 12.8. The van der Waals surface area contributed by atoms with Gasteiger partial charge in [0.1, 0.15) is 5.75 Å². The Morgan fingerprint density at radius 1 is 1.17 bits per heavy atom. The number of hydrogen-bond donors (Lipinski definition) is 1. The van der Waals surface area contributed by atoms with Crippen molar-refractivity contribution in [3.05, 3.63) is 53.7 Å². The molecule has 2 aromatic rings. The molecule has 2 rings (SSSR count). The summed E-state index contributed by atoms with van der Waals surface area (Å²) in [4.78, 5) is 4.27. The lowest BCUT2D eigenvalue weighted by Crippen LogP contribution is -2.02. The van der Waals surface area contributed by atoms with Gasteiger partial charge in [-0.2, -0.15) is 0 Å². The Morgan fingerprint density at radius 3 is 2.72 bits per heavy atom. The minimum absolute atomic E-state index is 0.615. The Labute approximate surface area is 108 Å². The summed E-state index contributed by atoms with van der Waals surface area (Å²) in [6, 6.07) is 11.9. The van der Waals surface area contributed by atoms with E-state index in [0.29, 0.717) is 12.4 Å². The van der Waals surface area contributed by atoms with Crippen LogP contribution < -0.4 is 10.5 Å². The van der Waals surface area contributed by atoms with Crippen molar-refractivity contribution < 1.29 is 4.74 Å². The molecule has 0 saturated heterocycles. The van der Waals surface area contributed by atoms with Gasteiger partial charge in [0, 0.05) is 12.3 Å². The van der Waals surface area contributed by atoms with Gasteiger partial charge in [-0.25, -0.2) is 4.98 Å². The molecule has 0 aliphatic carbocycles. The molecule has 0 bridgehead atoms. The van der Waals surface area contributed by atoms with E-state index in [4.69, 9.17) is 10.5 Å². The van der Waals surface area contributed by atoms with E-state index in [-0.39, 0.29) is 0 Å². The molecule has 0 aliphatic heterocycles. The van der Waals surface area contributed by atoms with Gasteiger partial charge in [0.25, 0.3) is 0 Å². The van der Waals surface area contributed by atoms with Crippen LogP contribution in [0.25, 0.3) is 0 Å². The van der Waals surface area contributed by atoms with E-state index in [0.717, 1.165) is 24.2 Å². The highest BCUT2D eigenvalue weighted by Crippen LogP contribution is 2.20. The van der Waals surface area contributed by atoms with Crippen molar-refractivity contribution in [2.24, 2.45) is 5.73 Å². The zero-order valence-corrected chi connectivity index (χ0v) is 10.6. The average molecular weight is 242 g/mol. The Bertz CT molecular complexity index is 494. The van der Waals surface area contributed by atoms with Crippen molar-refractivity contribution in [3.8, 4) is 11.6 Å². The molecule has 94 valence electrons. The minimum atomic E-state index is 0.615. The molecule has 1 aromatic heterocycles. The summed E-state index contributed by atoms with van der Waals surface area (Å²) in [6.45, 7) is 2.76. The fraction of sp³-hybridized carbons (Fsp3) is 0.267. The second kappa shape index (κ2) is 6.17. The van der Waals surface area contributed by atoms with Gasteiger partial charge in [-0.3, -0.25) is 0 Å². The fourth-order valence-corrected chi connectivity index (χ4v) is 1.74. The zero-order valence-electron chi connectivity index (χ0n) is 10.6. The van der Waals surface area contributed by atoms with Crippen LogP contribution in [0.2, 0.25) is 0 Å². The highest BCUT2D eigenvalue weighted by Gasteiger charge is 2.00. The Balaban J connectivity index is 2.08. The first-order chi connectivity index (χ1) is 8.81. The number of hydrogen-bond acceptors (Lipinski definition) is 3. The second-order valence-electron chi connectivity index (χ2n) is 4.15. The normalized spacial score (nSPS) is 10.3. The van der Waals surface area contributed by atoms with Gasteiger partial charge in [0.15, 0.2) is 0 Å². The van der Waals surface area contributed by atoms with Gasteiger partial charge in [-0.15, -0.1) is 0 Å². The molecule has 0 aliphatic rings. The first-order valence-corrected chi connectivity index (χ1v) is 6.23. The molecule has 2 N–H and O–H groups in total. The maximum Gasteiger partial charge on any atom is 0.219 e. The first kappa shape index (κ1) is 12.6. The average Bonchev–Trinajstić information content (AvgIpc) is 2.42. The molecule has 0 amide bonds. The van der Waals surface area contributed by atoms with Gasteiger partial charge in [0.2, 0.25) is 5.88 Å². The number of benzene rings is 1. The standard InChI is InChI=1S/C15H18N2O/c1-2-12-4-3-5-14(10-12)18-15-7-6-13(8-9-16)11-17-15/h3-7,10-11H,2,8-9,16H2,1H3. The summed E-state index contributed by atoms with van der Waals surface area (Å²) in [5.41, 5.74) is 7.88. The van der Waals surface area contributed by atoms with Gasteiger partial charge in [-0.1, -0.05) is 25.1 Å². The van der Waals surface area contributed by atoms with E-state index < -0.39 is 0 Å². The van der Waals surface area contributed by atoms with Crippen LogP contribution in [0.1, 0.15) is 18.1 Å². The topological polar surface area (TPSA) is 48.1 Å². The van der Waals surface area contributed by atoms with Gasteiger partial charge in [-0.05, 0) is 42.6 Å². The summed E-state index contributed by atoms with van der Waals surface area (Å²) in [6.07, 6.45) is 3.66. The molecule has 18 heavy (non-hydrogen) atoms. The third kappa shape index (κ3) is 3.31. The Hall–Kier alpha value is -1.87. The molecule has 1 heterocycles. The SMILES string of the molecule is CCc1cccc(Oc2ccc(CCN)cn2)c1. The fourth-order valence-electron chi connectivity index (χ4n) is 1.74. The van der Waals surface area contributed by atoms with E-state index in [1.54, 1.807) is 0 Å². The van der Waals surface area contributed by atoms with Gasteiger partial charge < -0.3 is 10.5 Å². The summed E-state index contributed by atoms with van der Waals surface area (Å²) in [7, 11) is 0. The molecular weight excluding hydrogens is 224 g/mol. The second-order valence-corrected chi connectivity index (χ2v) is 4.15. The number of aromatic nitrogens is 1. The van der Waals surface area contributed by atoms with Crippen molar-refractivity contribution in [1.29, 1.82) is 0 Å². The number of ether oxygens (including phenoxy) is 1. The molecule has 0 radical (unpaired) electrons. The van der Waals surface area contributed by atoms with Crippen LogP contribution in [-0.4, -0.2) is 11.5 Å². The molecule has 0 spiro atoms. The highest BCUT2D eigenvalue weighted by molar-refractivity contribution is 5.32. The largest absolute Gasteiger partial charge is 0.439 e. The summed E-state index contributed by atoms with van der Waals surface area (Å²) < 4.78 is 5.71. The Kier molecular flexibility index (Phi) is 4.31. The van der Waals surface area contributed by atoms with E-state index in [1.807, 2.05) is 36.5 Å².